The molecule has 0 atom stereocenters. The Balaban J connectivity index is 0. The van der Waals surface area contributed by atoms with E-state index in [2.05, 4.69) is 4.98 Å². The number of pyridine rings is 1. The molecule has 2 heterocycles. The molecule has 3 nitrogen and oxygen atoms in total. The van der Waals surface area contributed by atoms with E-state index in [1.807, 2.05) is 38.5 Å². The number of aromatic nitrogens is 1. The van der Waals surface area contributed by atoms with Crippen molar-refractivity contribution in [2.45, 2.75) is 26.7 Å². The van der Waals surface area contributed by atoms with E-state index in [9.17, 15) is 4.79 Å². The van der Waals surface area contributed by atoms with Crippen molar-refractivity contribution >= 4 is 6.41 Å². The summed E-state index contributed by atoms with van der Waals surface area (Å²) in [5.74, 6) is 0. The average molecular weight is 464 g/mol. The van der Waals surface area contributed by atoms with E-state index < -0.39 is 0 Å². The van der Waals surface area contributed by atoms with Gasteiger partial charge in [-0.15, -0.1) is 0 Å². The van der Waals surface area contributed by atoms with Gasteiger partial charge in [0.05, 0.1) is 0 Å². The van der Waals surface area contributed by atoms with Gasteiger partial charge in [0.1, 0.15) is 0 Å². The van der Waals surface area contributed by atoms with Gasteiger partial charge in [0.15, 0.2) is 0 Å². The Morgan fingerprint density at radius 2 is 1.56 bits per heavy atom. The van der Waals surface area contributed by atoms with Gasteiger partial charge in [-0.2, -0.15) is 6.41 Å². The quantitative estimate of drug-likeness (QED) is 0.598. The number of rotatable bonds is 1. The zero-order valence-electron chi connectivity index (χ0n) is 9.81. The second kappa shape index (κ2) is 12.6. The maximum absolute atomic E-state index is 9.81. The molecule has 1 aromatic heterocycles. The van der Waals surface area contributed by atoms with Gasteiger partial charge in [0, 0.05) is 12.4 Å². The van der Waals surface area contributed by atoms with Crippen LogP contribution < -0.4 is 0 Å². The van der Waals surface area contributed by atoms with Crippen LogP contribution in [0.5, 0.6) is 0 Å². The van der Waals surface area contributed by atoms with Gasteiger partial charge in [-0.3, -0.25) is 4.98 Å². The Hall–Kier alpha value is -2.38. The van der Waals surface area contributed by atoms with Gasteiger partial charge in [0.2, 0.25) is 0 Å². The van der Waals surface area contributed by atoms with Crippen LogP contribution in [0.1, 0.15) is 26.7 Å². The molecule has 1 fully saturated rings. The predicted octanol–water partition coefficient (Wildman–Crippen LogP) is 2.26. The number of amides is 1. The topological polar surface area (TPSA) is 33.2 Å². The van der Waals surface area contributed by atoms with Gasteiger partial charge >= 0.3 is 0 Å². The minimum atomic E-state index is 0. The molecular weight excluding hydrogens is 445 g/mol. The van der Waals surface area contributed by atoms with Crippen LogP contribution in [0.15, 0.2) is 30.6 Å². The van der Waals surface area contributed by atoms with Crippen LogP contribution in [0, 0.1) is 0 Å². The molecule has 2 rings (SSSR count). The Morgan fingerprint density at radius 1 is 1.06 bits per heavy atom. The zero-order chi connectivity index (χ0) is 11.4. The van der Waals surface area contributed by atoms with Crippen molar-refractivity contribution in [3.8, 4) is 0 Å². The zero-order valence-corrected chi connectivity index (χ0v) is 12.2. The monoisotopic (exact) mass is 464 g/mol. The average Bonchev–Trinajstić information content (AvgIpc) is 2.88. The molecule has 1 aromatic rings. The second-order valence-corrected chi connectivity index (χ2v) is 2.81. The van der Waals surface area contributed by atoms with Crippen LogP contribution in [0.4, 0.5) is 0 Å². The first-order valence-electron chi connectivity index (χ1n) is 5.41. The molecule has 1 aliphatic heterocycles. The van der Waals surface area contributed by atoms with Crippen molar-refractivity contribution in [2.24, 2.45) is 0 Å². The summed E-state index contributed by atoms with van der Waals surface area (Å²) in [5.41, 5.74) is 0. The fourth-order valence-electron chi connectivity index (χ4n) is 1.12. The Morgan fingerprint density at radius 3 is 1.75 bits per heavy atom. The van der Waals surface area contributed by atoms with E-state index in [0.29, 0.717) is 0 Å². The SMILES string of the molecule is CC.O=[C-]N1CCCC1.[Fm].c1ccncc1. The molecule has 0 bridgehead atoms. The molecule has 1 aliphatic rings. The van der Waals surface area contributed by atoms with Gasteiger partial charge < -0.3 is 9.69 Å². The van der Waals surface area contributed by atoms with Gasteiger partial charge in [-0.1, -0.05) is 19.9 Å². The minimum Gasteiger partial charge on any atom is -0.520 e. The van der Waals surface area contributed by atoms with Crippen molar-refractivity contribution in [3.05, 3.63) is 30.6 Å². The maximum Gasteiger partial charge on any atom is 0.0267 e. The van der Waals surface area contributed by atoms with Gasteiger partial charge in [0.25, 0.3) is 0 Å². The van der Waals surface area contributed by atoms with Crippen molar-refractivity contribution in [3.63, 3.8) is 0 Å². The molecule has 96 valence electrons. The number of hydrogen-bond donors (Lipinski definition) is 0. The predicted molar refractivity (Wildman–Crippen MR) is 62.1 cm³/mol. The van der Waals surface area contributed by atoms with E-state index in [4.69, 9.17) is 0 Å². The van der Waals surface area contributed by atoms with Crippen molar-refractivity contribution < 1.29 is 4.79 Å². The smallest absolute Gasteiger partial charge is 0.0267 e. The standard InChI is InChI=1S/C5H8NO.C5H5N.C2H6.Fm/c7-5-6-3-1-2-4-6;1-2-4-6-5-3-1;1-2;/h1-4H2;1-5H;1-2H3;/q-1;;;. The molecule has 0 spiro atoms. The molecule has 1 saturated heterocycles. The summed E-state index contributed by atoms with van der Waals surface area (Å²) in [6.45, 7) is 5.84. The van der Waals surface area contributed by atoms with Crippen LogP contribution in [-0.2, 0) is 4.79 Å². The Labute approximate surface area is 92.1 Å². The van der Waals surface area contributed by atoms with Gasteiger partial charge in [-0.05, 0) is 38.1 Å². The molecule has 16 heavy (non-hydrogen) atoms. The Kier molecular flexibility index (Phi) is 12.7. The largest absolute Gasteiger partial charge is 0.520 e. The first kappa shape index (κ1) is 16.1. The van der Waals surface area contributed by atoms with Crippen LogP contribution >= 0.6 is 0 Å². The van der Waals surface area contributed by atoms with Gasteiger partial charge in [-0.25, -0.2) is 0 Å². The van der Waals surface area contributed by atoms with E-state index in [1.54, 1.807) is 17.3 Å². The number of likely N-dealkylation sites (tertiary alicyclic amines) is 1. The first-order valence-corrected chi connectivity index (χ1v) is 5.41. The number of nitrogens with zero attached hydrogens (tertiary/aromatic N) is 2. The summed E-state index contributed by atoms with van der Waals surface area (Å²) in [6, 6.07) is 5.72. The molecule has 0 aliphatic carbocycles. The van der Waals surface area contributed by atoms with E-state index in [0.717, 1.165) is 25.9 Å². The Bertz CT molecular complexity index is 199. The first-order chi connectivity index (χ1) is 7.43. The third kappa shape index (κ3) is 8.23. The van der Waals surface area contributed by atoms with Crippen LogP contribution in [0.2, 0.25) is 0 Å². The third-order valence-electron chi connectivity index (χ3n) is 1.80. The van der Waals surface area contributed by atoms with Crippen LogP contribution in [-0.4, -0.2) is 29.4 Å². The molecule has 0 aromatic carbocycles. The molecule has 1 amide bonds. The summed E-state index contributed by atoms with van der Waals surface area (Å²) in [7, 11) is 0. The van der Waals surface area contributed by atoms with Crippen molar-refractivity contribution in [1.29, 1.82) is 0 Å². The van der Waals surface area contributed by atoms with E-state index in [-0.39, 0.29) is 0 Å². The molecule has 0 N–H and O–H groups in total. The maximum atomic E-state index is 9.81. The number of hydrogen-bond acceptors (Lipinski definition) is 2. The molecular formula is C12H19FmN2O-. The molecule has 0 saturated carbocycles. The van der Waals surface area contributed by atoms with Crippen molar-refractivity contribution in [2.75, 3.05) is 13.1 Å². The number of carbonyl (C=O) groups excluding carboxylic acids is 1. The molecule has 0 unspecified atom stereocenters. The van der Waals surface area contributed by atoms with E-state index >= 15 is 0 Å². The molecule has 4 heteroatoms. The fourth-order valence-corrected chi connectivity index (χ4v) is 1.12. The fraction of sp³-hybridized carbons (Fsp3) is 0.500. The van der Waals surface area contributed by atoms with Crippen LogP contribution in [0.3, 0.4) is 0 Å². The summed E-state index contributed by atoms with van der Waals surface area (Å²) < 4.78 is 0. The molecule has 0 radical (unpaired) electrons. The van der Waals surface area contributed by atoms with Crippen molar-refractivity contribution in [1.82, 2.24) is 9.88 Å². The normalized spacial score (nSPS) is 12.2. The van der Waals surface area contributed by atoms with Crippen LogP contribution in [0.25, 0.3) is 0 Å². The third-order valence-corrected chi connectivity index (χ3v) is 1.80. The minimum absolute atomic E-state index is 0. The van der Waals surface area contributed by atoms with E-state index in [1.165, 1.54) is 0 Å². The second-order valence-electron chi connectivity index (χ2n) is 2.81. The summed E-state index contributed by atoms with van der Waals surface area (Å²) in [6.07, 6.45) is 7.67. The summed E-state index contributed by atoms with van der Waals surface area (Å²) >= 11 is 0. The summed E-state index contributed by atoms with van der Waals surface area (Å²) in [5, 5.41) is 0. The summed E-state index contributed by atoms with van der Waals surface area (Å²) in [4.78, 5) is 15.3.